The van der Waals surface area contributed by atoms with Gasteiger partial charge in [0.15, 0.2) is 0 Å². The summed E-state index contributed by atoms with van der Waals surface area (Å²) in [6, 6.07) is 4.70. The Balaban J connectivity index is 2.33. The van der Waals surface area contributed by atoms with E-state index in [0.29, 0.717) is 36.6 Å². The first-order chi connectivity index (χ1) is 8.91. The number of aliphatic hydroxyl groups is 1. The van der Waals surface area contributed by atoms with Crippen molar-refractivity contribution in [1.29, 1.82) is 0 Å². The first-order valence-corrected chi connectivity index (χ1v) is 6.69. The molecule has 5 nitrogen and oxygen atoms in total. The van der Waals surface area contributed by atoms with Crippen LogP contribution in [0, 0.1) is 10.1 Å². The minimum atomic E-state index is -0.704. The standard InChI is InChI=1S/C13H17ClN2O3/c1-13(17)6-3-8-15(9-7-13)12-10(14)4-2-5-11(12)16(18)19/h2,4-5,17H,3,6-9H2,1H3. The van der Waals surface area contributed by atoms with E-state index in [1.165, 1.54) is 6.07 Å². The molecule has 1 heterocycles. The highest BCUT2D eigenvalue weighted by atomic mass is 35.5. The molecule has 104 valence electrons. The Labute approximate surface area is 116 Å². The predicted molar refractivity (Wildman–Crippen MR) is 74.8 cm³/mol. The molecule has 0 aliphatic carbocycles. The highest BCUT2D eigenvalue weighted by Crippen LogP contribution is 2.37. The Morgan fingerprint density at radius 1 is 1.42 bits per heavy atom. The molecular weight excluding hydrogens is 268 g/mol. The van der Waals surface area contributed by atoms with Crippen LogP contribution in [0.15, 0.2) is 18.2 Å². The maximum Gasteiger partial charge on any atom is 0.294 e. The molecule has 0 radical (unpaired) electrons. The zero-order valence-corrected chi connectivity index (χ0v) is 11.6. The maximum atomic E-state index is 11.1. The van der Waals surface area contributed by atoms with Crippen LogP contribution in [0.3, 0.4) is 0 Å². The zero-order chi connectivity index (χ0) is 14.0. The van der Waals surface area contributed by atoms with Crippen molar-refractivity contribution in [3.63, 3.8) is 0 Å². The summed E-state index contributed by atoms with van der Waals surface area (Å²) in [5.41, 5.74) is -0.217. The van der Waals surface area contributed by atoms with Crippen molar-refractivity contribution in [3.05, 3.63) is 33.3 Å². The van der Waals surface area contributed by atoms with Crippen molar-refractivity contribution in [3.8, 4) is 0 Å². The molecule has 2 rings (SSSR count). The summed E-state index contributed by atoms with van der Waals surface area (Å²) in [4.78, 5) is 12.6. The summed E-state index contributed by atoms with van der Waals surface area (Å²) in [6.07, 6.45) is 2.06. The molecule has 1 aliphatic rings. The van der Waals surface area contributed by atoms with Gasteiger partial charge >= 0.3 is 0 Å². The van der Waals surface area contributed by atoms with Gasteiger partial charge in [-0.3, -0.25) is 10.1 Å². The first kappa shape index (κ1) is 14.1. The summed E-state index contributed by atoms with van der Waals surface area (Å²) in [7, 11) is 0. The molecule has 0 spiro atoms. The number of hydrogen-bond donors (Lipinski definition) is 1. The van der Waals surface area contributed by atoms with Crippen molar-refractivity contribution in [2.75, 3.05) is 18.0 Å². The molecule has 1 aromatic carbocycles. The normalized spacial score (nSPS) is 24.1. The van der Waals surface area contributed by atoms with E-state index >= 15 is 0 Å². The van der Waals surface area contributed by atoms with E-state index in [1.807, 2.05) is 4.90 Å². The minimum Gasteiger partial charge on any atom is -0.390 e. The van der Waals surface area contributed by atoms with Crippen LogP contribution in [-0.4, -0.2) is 28.7 Å². The second kappa shape index (κ2) is 5.35. The molecule has 1 N–H and O–H groups in total. The fraction of sp³-hybridized carbons (Fsp3) is 0.538. The lowest BCUT2D eigenvalue weighted by molar-refractivity contribution is -0.384. The number of rotatable bonds is 2. The average Bonchev–Trinajstić information content (AvgIpc) is 2.50. The van der Waals surface area contributed by atoms with Crippen molar-refractivity contribution >= 4 is 23.0 Å². The van der Waals surface area contributed by atoms with Crippen LogP contribution in [0.2, 0.25) is 5.02 Å². The van der Waals surface area contributed by atoms with E-state index in [1.54, 1.807) is 19.1 Å². The summed E-state index contributed by atoms with van der Waals surface area (Å²) >= 11 is 6.12. The van der Waals surface area contributed by atoms with E-state index in [0.717, 1.165) is 6.42 Å². The molecule has 1 aliphatic heterocycles. The Morgan fingerprint density at radius 3 is 2.84 bits per heavy atom. The molecule has 19 heavy (non-hydrogen) atoms. The number of nitro groups is 1. The topological polar surface area (TPSA) is 66.6 Å². The van der Waals surface area contributed by atoms with E-state index in [9.17, 15) is 15.2 Å². The number of nitrogens with zero attached hydrogens (tertiary/aromatic N) is 2. The van der Waals surface area contributed by atoms with E-state index in [4.69, 9.17) is 11.6 Å². The van der Waals surface area contributed by atoms with Gasteiger partial charge in [-0.15, -0.1) is 0 Å². The molecule has 1 aromatic rings. The lowest BCUT2D eigenvalue weighted by Gasteiger charge is -2.24. The molecule has 6 heteroatoms. The van der Waals surface area contributed by atoms with Crippen LogP contribution in [-0.2, 0) is 0 Å². The molecule has 1 unspecified atom stereocenters. The molecule has 0 amide bonds. The monoisotopic (exact) mass is 284 g/mol. The molecule has 0 saturated carbocycles. The van der Waals surface area contributed by atoms with Crippen molar-refractivity contribution in [1.82, 2.24) is 0 Å². The number of anilines is 1. The van der Waals surface area contributed by atoms with Crippen LogP contribution >= 0.6 is 11.6 Å². The second-order valence-electron chi connectivity index (χ2n) is 5.20. The predicted octanol–water partition coefficient (Wildman–Crippen LogP) is 2.99. The van der Waals surface area contributed by atoms with Crippen LogP contribution in [0.25, 0.3) is 0 Å². The largest absolute Gasteiger partial charge is 0.390 e. The van der Waals surface area contributed by atoms with Gasteiger partial charge in [0.25, 0.3) is 5.69 Å². The van der Waals surface area contributed by atoms with Crippen molar-refractivity contribution in [2.24, 2.45) is 0 Å². The quantitative estimate of drug-likeness (QED) is 0.670. The summed E-state index contributed by atoms with van der Waals surface area (Å²) in [5, 5.41) is 21.6. The lowest BCUT2D eigenvalue weighted by Crippen LogP contribution is -2.28. The maximum absolute atomic E-state index is 11.1. The summed E-state index contributed by atoms with van der Waals surface area (Å²) < 4.78 is 0. The number of hydrogen-bond acceptors (Lipinski definition) is 4. The summed E-state index contributed by atoms with van der Waals surface area (Å²) in [6.45, 7) is 3.04. The Bertz CT molecular complexity index is 491. The third kappa shape index (κ3) is 3.16. The van der Waals surface area contributed by atoms with Gasteiger partial charge in [0.1, 0.15) is 5.69 Å². The number of benzene rings is 1. The molecule has 1 atom stereocenters. The van der Waals surface area contributed by atoms with Gasteiger partial charge in [0, 0.05) is 19.2 Å². The van der Waals surface area contributed by atoms with Crippen LogP contribution in [0.4, 0.5) is 11.4 Å². The Hall–Kier alpha value is -1.33. The fourth-order valence-electron chi connectivity index (χ4n) is 2.45. The number of nitro benzene ring substituents is 1. The smallest absolute Gasteiger partial charge is 0.294 e. The lowest BCUT2D eigenvalue weighted by atomic mass is 9.98. The van der Waals surface area contributed by atoms with E-state index < -0.39 is 10.5 Å². The SMILES string of the molecule is CC1(O)CCCN(c2c(Cl)cccc2[N+](=O)[O-])CC1. The van der Waals surface area contributed by atoms with Gasteiger partial charge in [-0.1, -0.05) is 17.7 Å². The highest BCUT2D eigenvalue weighted by molar-refractivity contribution is 6.33. The number of para-hydroxylation sites is 1. The van der Waals surface area contributed by atoms with Gasteiger partial charge in [0.2, 0.25) is 0 Å². The van der Waals surface area contributed by atoms with Gasteiger partial charge in [-0.25, -0.2) is 0 Å². The third-order valence-electron chi connectivity index (χ3n) is 3.54. The molecule has 1 fully saturated rings. The minimum absolute atomic E-state index is 0.0223. The zero-order valence-electron chi connectivity index (χ0n) is 10.8. The molecule has 0 bridgehead atoms. The number of halogens is 1. The Morgan fingerprint density at radius 2 is 2.16 bits per heavy atom. The van der Waals surface area contributed by atoms with E-state index in [2.05, 4.69) is 0 Å². The van der Waals surface area contributed by atoms with Gasteiger partial charge in [-0.05, 0) is 32.3 Å². The van der Waals surface area contributed by atoms with Gasteiger partial charge in [0.05, 0.1) is 15.5 Å². The highest BCUT2D eigenvalue weighted by Gasteiger charge is 2.29. The van der Waals surface area contributed by atoms with Crippen LogP contribution in [0.5, 0.6) is 0 Å². The second-order valence-corrected chi connectivity index (χ2v) is 5.61. The first-order valence-electron chi connectivity index (χ1n) is 6.31. The van der Waals surface area contributed by atoms with Crippen LogP contribution < -0.4 is 4.90 Å². The molecule has 0 aromatic heterocycles. The van der Waals surface area contributed by atoms with Crippen molar-refractivity contribution in [2.45, 2.75) is 31.8 Å². The molecular formula is C13H17ClN2O3. The van der Waals surface area contributed by atoms with Crippen LogP contribution in [0.1, 0.15) is 26.2 Å². The fourth-order valence-corrected chi connectivity index (χ4v) is 2.74. The summed E-state index contributed by atoms with van der Waals surface area (Å²) in [5.74, 6) is 0. The van der Waals surface area contributed by atoms with Gasteiger partial charge < -0.3 is 10.0 Å². The average molecular weight is 285 g/mol. The van der Waals surface area contributed by atoms with Crippen molar-refractivity contribution < 1.29 is 10.0 Å². The van der Waals surface area contributed by atoms with E-state index in [-0.39, 0.29) is 5.69 Å². The third-order valence-corrected chi connectivity index (χ3v) is 3.85. The van der Waals surface area contributed by atoms with Gasteiger partial charge in [-0.2, -0.15) is 0 Å². The Kier molecular flexibility index (Phi) is 3.96. The molecule has 1 saturated heterocycles.